The van der Waals surface area contributed by atoms with E-state index in [1.54, 1.807) is 0 Å². The molecule has 0 aliphatic heterocycles. The third-order valence-corrected chi connectivity index (χ3v) is 1.84. The zero-order chi connectivity index (χ0) is 7.11. The van der Waals surface area contributed by atoms with Crippen LogP contribution in [-0.4, -0.2) is 30.3 Å². The van der Waals surface area contributed by atoms with Gasteiger partial charge in [0.1, 0.15) is 0 Å². The van der Waals surface area contributed by atoms with E-state index in [9.17, 15) is 0 Å². The molecule has 9 heavy (non-hydrogen) atoms. The lowest BCUT2D eigenvalue weighted by molar-refractivity contribution is 0.305. The molecule has 0 aliphatic carbocycles. The monoisotopic (exact) mass is 147 g/mol. The topological polar surface area (TPSA) is 3.24 Å². The van der Waals surface area contributed by atoms with Gasteiger partial charge in [-0.3, -0.25) is 0 Å². The third kappa shape index (κ3) is 4.79. The van der Waals surface area contributed by atoms with Gasteiger partial charge in [0, 0.05) is 0 Å². The molecular formula is C7H17NS. The Kier molecular flexibility index (Phi) is 6.65. The predicted molar refractivity (Wildman–Crippen MR) is 46.3 cm³/mol. The molecular weight excluding hydrogens is 130 g/mol. The summed E-state index contributed by atoms with van der Waals surface area (Å²) in [5, 5.41) is 0. The van der Waals surface area contributed by atoms with Crippen LogP contribution in [0.3, 0.4) is 0 Å². The Morgan fingerprint density at radius 1 is 1.22 bits per heavy atom. The average molecular weight is 147 g/mol. The molecule has 0 saturated heterocycles. The first-order chi connectivity index (χ1) is 4.35. The van der Waals surface area contributed by atoms with Crippen molar-refractivity contribution in [3.63, 3.8) is 0 Å². The Labute approximate surface area is 63.8 Å². The van der Waals surface area contributed by atoms with Gasteiger partial charge in [-0.05, 0) is 31.8 Å². The first kappa shape index (κ1) is 9.31. The third-order valence-electron chi connectivity index (χ3n) is 1.53. The van der Waals surface area contributed by atoms with E-state index in [1.165, 1.54) is 26.1 Å². The molecule has 0 amide bonds. The van der Waals surface area contributed by atoms with Gasteiger partial charge in [-0.2, -0.15) is 12.6 Å². The minimum atomic E-state index is 1.01. The maximum Gasteiger partial charge on any atom is -0.00112 e. The zero-order valence-corrected chi connectivity index (χ0v) is 7.32. The number of hydrogen-bond acceptors (Lipinski definition) is 2. The van der Waals surface area contributed by atoms with E-state index in [-0.39, 0.29) is 0 Å². The van der Waals surface area contributed by atoms with Crippen molar-refractivity contribution in [2.45, 2.75) is 20.3 Å². The Hall–Kier alpha value is 0.310. The lowest BCUT2D eigenvalue weighted by Gasteiger charge is -2.16. The number of thiol groups is 1. The highest BCUT2D eigenvalue weighted by molar-refractivity contribution is 7.80. The fourth-order valence-electron chi connectivity index (χ4n) is 0.834. The van der Waals surface area contributed by atoms with Gasteiger partial charge >= 0.3 is 0 Å². The van der Waals surface area contributed by atoms with Crippen molar-refractivity contribution in [1.82, 2.24) is 4.90 Å². The fraction of sp³-hybridized carbons (Fsp3) is 1.00. The van der Waals surface area contributed by atoms with Crippen molar-refractivity contribution < 1.29 is 0 Å². The van der Waals surface area contributed by atoms with E-state index in [4.69, 9.17) is 0 Å². The largest absolute Gasteiger partial charge is 0.304 e. The standard InChI is InChI=1S/C7H17NS/c1-3-8(4-2)6-5-7-9/h9H,3-7H2,1-2H3. The molecule has 0 aliphatic rings. The van der Waals surface area contributed by atoms with Crippen molar-refractivity contribution in [1.29, 1.82) is 0 Å². The Morgan fingerprint density at radius 2 is 1.78 bits per heavy atom. The van der Waals surface area contributed by atoms with Crippen molar-refractivity contribution in [2.24, 2.45) is 0 Å². The lowest BCUT2D eigenvalue weighted by Crippen LogP contribution is -2.24. The highest BCUT2D eigenvalue weighted by atomic mass is 32.1. The quantitative estimate of drug-likeness (QED) is 0.579. The van der Waals surface area contributed by atoms with Gasteiger partial charge in [0.2, 0.25) is 0 Å². The highest BCUT2D eigenvalue weighted by Crippen LogP contribution is 1.91. The van der Waals surface area contributed by atoms with Crippen molar-refractivity contribution in [3.8, 4) is 0 Å². The molecule has 0 fully saturated rings. The van der Waals surface area contributed by atoms with E-state index in [1.807, 2.05) is 0 Å². The average Bonchev–Trinajstić information content (AvgIpc) is 1.91. The van der Waals surface area contributed by atoms with Crippen LogP contribution in [0.2, 0.25) is 0 Å². The summed E-state index contributed by atoms with van der Waals surface area (Å²) in [7, 11) is 0. The summed E-state index contributed by atoms with van der Waals surface area (Å²) in [6.07, 6.45) is 1.21. The smallest absolute Gasteiger partial charge is 0.00112 e. The first-order valence-electron chi connectivity index (χ1n) is 3.68. The molecule has 0 aromatic rings. The summed E-state index contributed by atoms with van der Waals surface area (Å²) >= 11 is 4.15. The van der Waals surface area contributed by atoms with Gasteiger partial charge in [-0.1, -0.05) is 13.8 Å². The Bertz CT molecular complexity index is 52.9. The van der Waals surface area contributed by atoms with Crippen LogP contribution >= 0.6 is 12.6 Å². The summed E-state index contributed by atoms with van der Waals surface area (Å²) in [5.41, 5.74) is 0. The minimum absolute atomic E-state index is 1.01. The summed E-state index contributed by atoms with van der Waals surface area (Å²) in [6.45, 7) is 7.94. The van der Waals surface area contributed by atoms with E-state index < -0.39 is 0 Å². The van der Waals surface area contributed by atoms with Crippen LogP contribution in [0.15, 0.2) is 0 Å². The van der Waals surface area contributed by atoms with Crippen molar-refractivity contribution in [2.75, 3.05) is 25.4 Å². The summed E-state index contributed by atoms with van der Waals surface area (Å²) in [6, 6.07) is 0. The van der Waals surface area contributed by atoms with Crippen LogP contribution in [0.5, 0.6) is 0 Å². The summed E-state index contributed by atoms with van der Waals surface area (Å²) < 4.78 is 0. The van der Waals surface area contributed by atoms with Crippen molar-refractivity contribution in [3.05, 3.63) is 0 Å². The number of rotatable bonds is 5. The SMILES string of the molecule is CCN(CC)CCCS. The molecule has 0 rings (SSSR count). The molecule has 0 N–H and O–H groups in total. The maximum absolute atomic E-state index is 4.15. The van der Waals surface area contributed by atoms with Gasteiger partial charge < -0.3 is 4.90 Å². The second-order valence-electron chi connectivity index (χ2n) is 2.10. The van der Waals surface area contributed by atoms with E-state index in [0.29, 0.717) is 0 Å². The Morgan fingerprint density at radius 3 is 2.11 bits per heavy atom. The molecule has 0 atom stereocenters. The zero-order valence-electron chi connectivity index (χ0n) is 6.43. The molecule has 0 aromatic carbocycles. The number of hydrogen-bond donors (Lipinski definition) is 1. The fourth-order valence-corrected chi connectivity index (χ4v) is 0.976. The molecule has 0 saturated carbocycles. The second-order valence-corrected chi connectivity index (χ2v) is 2.55. The molecule has 0 aromatic heterocycles. The van der Waals surface area contributed by atoms with Gasteiger partial charge in [0.05, 0.1) is 0 Å². The van der Waals surface area contributed by atoms with Crippen LogP contribution in [0.25, 0.3) is 0 Å². The lowest BCUT2D eigenvalue weighted by atomic mass is 10.4. The van der Waals surface area contributed by atoms with Crippen LogP contribution in [0.4, 0.5) is 0 Å². The molecule has 56 valence electrons. The van der Waals surface area contributed by atoms with Gasteiger partial charge in [0.15, 0.2) is 0 Å². The first-order valence-corrected chi connectivity index (χ1v) is 4.31. The van der Waals surface area contributed by atoms with E-state index in [2.05, 4.69) is 31.4 Å². The van der Waals surface area contributed by atoms with Gasteiger partial charge in [0.25, 0.3) is 0 Å². The summed E-state index contributed by atoms with van der Waals surface area (Å²) in [5.74, 6) is 1.01. The van der Waals surface area contributed by atoms with Gasteiger partial charge in [-0.25, -0.2) is 0 Å². The van der Waals surface area contributed by atoms with E-state index in [0.717, 1.165) is 5.75 Å². The normalized spacial score (nSPS) is 10.7. The van der Waals surface area contributed by atoms with Crippen LogP contribution in [0.1, 0.15) is 20.3 Å². The van der Waals surface area contributed by atoms with Crippen LogP contribution < -0.4 is 0 Å². The minimum Gasteiger partial charge on any atom is -0.304 e. The number of nitrogens with zero attached hydrogens (tertiary/aromatic N) is 1. The van der Waals surface area contributed by atoms with Gasteiger partial charge in [-0.15, -0.1) is 0 Å². The second kappa shape index (κ2) is 6.43. The molecule has 1 nitrogen and oxygen atoms in total. The van der Waals surface area contributed by atoms with Crippen LogP contribution in [0, 0.1) is 0 Å². The van der Waals surface area contributed by atoms with Crippen molar-refractivity contribution >= 4 is 12.6 Å². The highest BCUT2D eigenvalue weighted by Gasteiger charge is 1.94. The molecule has 0 bridgehead atoms. The molecule has 2 heteroatoms. The Balaban J connectivity index is 3.09. The maximum atomic E-state index is 4.15. The molecule has 0 radical (unpaired) electrons. The molecule has 0 spiro atoms. The molecule has 0 heterocycles. The van der Waals surface area contributed by atoms with Crippen LogP contribution in [-0.2, 0) is 0 Å². The summed E-state index contributed by atoms with van der Waals surface area (Å²) in [4.78, 5) is 2.41. The van der Waals surface area contributed by atoms with E-state index >= 15 is 0 Å². The predicted octanol–water partition coefficient (Wildman–Crippen LogP) is 1.65. The molecule has 0 unspecified atom stereocenters.